The van der Waals surface area contributed by atoms with E-state index >= 15 is 0 Å². The standard InChI is InChI=1S/C19H18FN5O2/c1-9-7-23-17(27-2)6-11(9)15-3-10-4-16(22-8-13(10)18(21)24-15)25-19(26)12-5-14(12)20/h3-4,6-8,12,14H,5H2,1-2H3,(H2,21,24)(H,22,25,26). The fourth-order valence-corrected chi connectivity index (χ4v) is 2.93. The minimum Gasteiger partial charge on any atom is -0.481 e. The van der Waals surface area contributed by atoms with Crippen molar-refractivity contribution in [3.63, 3.8) is 0 Å². The summed E-state index contributed by atoms with van der Waals surface area (Å²) in [6, 6.07) is 5.36. The molecular formula is C19H18FN5O2. The van der Waals surface area contributed by atoms with Crippen LogP contribution >= 0.6 is 0 Å². The van der Waals surface area contributed by atoms with E-state index in [1.807, 2.05) is 13.0 Å². The van der Waals surface area contributed by atoms with Gasteiger partial charge in [-0.25, -0.2) is 19.3 Å². The van der Waals surface area contributed by atoms with E-state index in [0.29, 0.717) is 28.6 Å². The van der Waals surface area contributed by atoms with Gasteiger partial charge in [-0.15, -0.1) is 0 Å². The number of rotatable bonds is 4. The Hall–Kier alpha value is -3.29. The van der Waals surface area contributed by atoms with Crippen molar-refractivity contribution in [2.24, 2.45) is 5.92 Å². The number of fused-ring (bicyclic) bond motifs is 1. The predicted molar refractivity (Wildman–Crippen MR) is 100 cm³/mol. The van der Waals surface area contributed by atoms with E-state index in [-0.39, 0.29) is 12.3 Å². The first-order valence-electron chi connectivity index (χ1n) is 8.48. The summed E-state index contributed by atoms with van der Waals surface area (Å²) in [4.78, 5) is 24.8. The number of aryl methyl sites for hydroxylation is 1. The number of hydrogen-bond acceptors (Lipinski definition) is 6. The Morgan fingerprint density at radius 2 is 2.07 bits per heavy atom. The summed E-state index contributed by atoms with van der Waals surface area (Å²) >= 11 is 0. The van der Waals surface area contributed by atoms with Crippen LogP contribution in [0.5, 0.6) is 5.88 Å². The van der Waals surface area contributed by atoms with Crippen LogP contribution in [0.2, 0.25) is 0 Å². The third kappa shape index (κ3) is 3.25. The first-order chi connectivity index (χ1) is 13.0. The normalized spacial score (nSPS) is 18.3. The van der Waals surface area contributed by atoms with Gasteiger partial charge in [-0.2, -0.15) is 0 Å². The van der Waals surface area contributed by atoms with Crippen LogP contribution in [0.4, 0.5) is 16.0 Å². The molecule has 138 valence electrons. The number of alkyl halides is 1. The van der Waals surface area contributed by atoms with Crippen molar-refractivity contribution in [2.45, 2.75) is 19.5 Å². The molecule has 0 aliphatic heterocycles. The van der Waals surface area contributed by atoms with Crippen molar-refractivity contribution >= 4 is 28.3 Å². The molecule has 27 heavy (non-hydrogen) atoms. The van der Waals surface area contributed by atoms with Gasteiger partial charge in [0.1, 0.15) is 17.8 Å². The molecule has 0 saturated heterocycles. The van der Waals surface area contributed by atoms with E-state index in [2.05, 4.69) is 20.3 Å². The van der Waals surface area contributed by atoms with Gasteiger partial charge >= 0.3 is 0 Å². The first-order valence-corrected chi connectivity index (χ1v) is 8.48. The molecule has 8 heteroatoms. The third-order valence-electron chi connectivity index (χ3n) is 4.61. The van der Waals surface area contributed by atoms with Crippen molar-refractivity contribution < 1.29 is 13.9 Å². The van der Waals surface area contributed by atoms with E-state index < -0.39 is 12.1 Å². The average Bonchev–Trinajstić information content (AvgIpc) is 3.38. The highest BCUT2D eigenvalue weighted by Crippen LogP contribution is 2.35. The van der Waals surface area contributed by atoms with E-state index in [4.69, 9.17) is 10.5 Å². The lowest BCUT2D eigenvalue weighted by molar-refractivity contribution is -0.117. The second-order valence-corrected chi connectivity index (χ2v) is 6.57. The number of carbonyl (C=O) groups excluding carboxylic acids is 1. The number of nitrogens with zero attached hydrogens (tertiary/aromatic N) is 3. The van der Waals surface area contributed by atoms with Gasteiger partial charge in [-0.1, -0.05) is 0 Å². The number of pyridine rings is 3. The molecule has 2 atom stereocenters. The van der Waals surface area contributed by atoms with E-state index in [1.54, 1.807) is 31.6 Å². The highest BCUT2D eigenvalue weighted by molar-refractivity contribution is 5.98. The maximum atomic E-state index is 13.1. The number of carbonyl (C=O) groups is 1. The fraction of sp³-hybridized carbons (Fsp3) is 0.263. The number of anilines is 2. The monoisotopic (exact) mass is 367 g/mol. The lowest BCUT2D eigenvalue weighted by Gasteiger charge is -2.11. The summed E-state index contributed by atoms with van der Waals surface area (Å²) in [6.45, 7) is 1.92. The van der Waals surface area contributed by atoms with Gasteiger partial charge in [0, 0.05) is 29.4 Å². The Labute approximate surface area is 154 Å². The smallest absolute Gasteiger partial charge is 0.231 e. The van der Waals surface area contributed by atoms with Crippen LogP contribution in [0.25, 0.3) is 22.0 Å². The Balaban J connectivity index is 1.74. The average molecular weight is 367 g/mol. The maximum Gasteiger partial charge on any atom is 0.231 e. The molecule has 3 aromatic rings. The molecule has 1 aliphatic carbocycles. The van der Waals surface area contributed by atoms with Crippen molar-refractivity contribution in [2.75, 3.05) is 18.2 Å². The summed E-state index contributed by atoms with van der Waals surface area (Å²) in [6.07, 6.45) is 2.47. The summed E-state index contributed by atoms with van der Waals surface area (Å²) < 4.78 is 18.2. The van der Waals surface area contributed by atoms with Crippen LogP contribution in [0.15, 0.2) is 30.6 Å². The fourth-order valence-electron chi connectivity index (χ4n) is 2.93. The number of ether oxygens (including phenoxy) is 1. The third-order valence-corrected chi connectivity index (χ3v) is 4.61. The number of methoxy groups -OCH3 is 1. The highest BCUT2D eigenvalue weighted by Gasteiger charge is 2.43. The number of halogens is 1. The second kappa shape index (κ2) is 6.46. The Bertz CT molecular complexity index is 1060. The minimum absolute atomic E-state index is 0.267. The van der Waals surface area contributed by atoms with Crippen LogP contribution in [0.3, 0.4) is 0 Å². The Morgan fingerprint density at radius 1 is 1.30 bits per heavy atom. The molecule has 2 unspecified atom stereocenters. The summed E-state index contributed by atoms with van der Waals surface area (Å²) in [5, 5.41) is 4.09. The zero-order valence-corrected chi connectivity index (χ0v) is 14.9. The van der Waals surface area contributed by atoms with Gasteiger partial charge < -0.3 is 15.8 Å². The molecule has 1 saturated carbocycles. The Kier molecular flexibility index (Phi) is 4.10. The maximum absolute atomic E-state index is 13.1. The zero-order valence-electron chi connectivity index (χ0n) is 14.9. The molecule has 3 aromatic heterocycles. The van der Waals surface area contributed by atoms with Gasteiger partial charge in [0.2, 0.25) is 11.8 Å². The number of nitrogens with one attached hydrogen (secondary N) is 1. The molecular weight excluding hydrogens is 349 g/mol. The highest BCUT2D eigenvalue weighted by atomic mass is 19.1. The molecule has 0 radical (unpaired) electrons. The topological polar surface area (TPSA) is 103 Å². The number of amides is 1. The van der Waals surface area contributed by atoms with Gasteiger partial charge in [-0.3, -0.25) is 4.79 Å². The quantitative estimate of drug-likeness (QED) is 0.735. The van der Waals surface area contributed by atoms with Crippen LogP contribution in [0.1, 0.15) is 12.0 Å². The van der Waals surface area contributed by atoms with Gasteiger partial charge in [-0.05, 0) is 36.4 Å². The largest absolute Gasteiger partial charge is 0.481 e. The van der Waals surface area contributed by atoms with Crippen molar-refractivity contribution in [3.05, 3.63) is 36.2 Å². The lowest BCUT2D eigenvalue weighted by atomic mass is 10.1. The molecule has 3 N–H and O–H groups in total. The van der Waals surface area contributed by atoms with Crippen LogP contribution < -0.4 is 15.8 Å². The van der Waals surface area contributed by atoms with Gasteiger partial charge in [0.15, 0.2) is 0 Å². The van der Waals surface area contributed by atoms with Crippen LogP contribution in [-0.2, 0) is 4.79 Å². The van der Waals surface area contributed by atoms with Crippen molar-refractivity contribution in [1.29, 1.82) is 0 Å². The molecule has 3 heterocycles. The van der Waals surface area contributed by atoms with E-state index in [1.165, 1.54) is 0 Å². The van der Waals surface area contributed by atoms with Gasteiger partial charge in [0.25, 0.3) is 0 Å². The summed E-state index contributed by atoms with van der Waals surface area (Å²) in [5.74, 6) is 0.226. The van der Waals surface area contributed by atoms with E-state index in [9.17, 15) is 9.18 Å². The van der Waals surface area contributed by atoms with E-state index in [0.717, 1.165) is 16.5 Å². The molecule has 0 bridgehead atoms. The number of nitrogen functional groups attached to an aromatic ring is 1. The van der Waals surface area contributed by atoms with Crippen LogP contribution in [0, 0.1) is 12.8 Å². The molecule has 4 rings (SSSR count). The van der Waals surface area contributed by atoms with Crippen molar-refractivity contribution in [3.8, 4) is 17.1 Å². The zero-order chi connectivity index (χ0) is 19.1. The molecule has 1 fully saturated rings. The second-order valence-electron chi connectivity index (χ2n) is 6.57. The molecule has 1 amide bonds. The molecule has 0 spiro atoms. The molecule has 0 aromatic carbocycles. The van der Waals surface area contributed by atoms with Gasteiger partial charge in [0.05, 0.1) is 18.7 Å². The number of aromatic nitrogens is 3. The first kappa shape index (κ1) is 17.1. The number of nitrogens with two attached hydrogens (primary N) is 1. The molecule has 1 aliphatic rings. The Morgan fingerprint density at radius 3 is 2.78 bits per heavy atom. The number of hydrogen-bond donors (Lipinski definition) is 2. The van der Waals surface area contributed by atoms with Crippen molar-refractivity contribution in [1.82, 2.24) is 15.0 Å². The summed E-state index contributed by atoms with van der Waals surface area (Å²) in [7, 11) is 1.55. The predicted octanol–water partition coefficient (Wildman–Crippen LogP) is 2.89. The SMILES string of the molecule is COc1cc(-c2cc3cc(NC(=O)C4CC4F)ncc3c(N)n2)c(C)cn1. The summed E-state index contributed by atoms with van der Waals surface area (Å²) in [5.41, 5.74) is 8.53. The minimum atomic E-state index is -1.05. The molecule has 7 nitrogen and oxygen atoms in total. The van der Waals surface area contributed by atoms with Crippen LogP contribution in [-0.4, -0.2) is 34.1 Å². The lowest BCUT2D eigenvalue weighted by Crippen LogP contribution is -2.15.